The predicted octanol–water partition coefficient (Wildman–Crippen LogP) is 5.11. The van der Waals surface area contributed by atoms with Crippen molar-refractivity contribution in [1.82, 2.24) is 0 Å². The number of nitrogens with zero attached hydrogens (tertiary/aromatic N) is 2. The van der Waals surface area contributed by atoms with Crippen molar-refractivity contribution in [2.45, 2.75) is 6.18 Å². The van der Waals surface area contributed by atoms with E-state index in [1.165, 1.54) is 11.0 Å². The maximum Gasteiger partial charge on any atom is 0.418 e. The fourth-order valence-electron chi connectivity index (χ4n) is 1.93. The molecule has 2 nitrogen and oxygen atoms in total. The Hall–Kier alpha value is -2.00. The Morgan fingerprint density at radius 2 is 1.71 bits per heavy atom. The molecular weight excluding hydrogens is 345 g/mol. The van der Waals surface area contributed by atoms with Crippen LogP contribution in [0, 0.1) is 11.3 Å². The minimum Gasteiger partial charge on any atom is -0.344 e. The molecule has 2 aromatic rings. The van der Waals surface area contributed by atoms with Gasteiger partial charge in [-0.3, -0.25) is 0 Å². The summed E-state index contributed by atoms with van der Waals surface area (Å²) in [5.74, 6) is 0. The minimum absolute atomic E-state index is 0.0513. The van der Waals surface area contributed by atoms with Crippen molar-refractivity contribution in [3.63, 3.8) is 0 Å². The Balaban J connectivity index is 2.47. The highest BCUT2D eigenvalue weighted by molar-refractivity contribution is 9.10. The summed E-state index contributed by atoms with van der Waals surface area (Å²) in [5.41, 5.74) is 0.361. The van der Waals surface area contributed by atoms with E-state index in [0.717, 1.165) is 6.07 Å². The molecular formula is C15H10BrF3N2. The van der Waals surface area contributed by atoms with E-state index in [4.69, 9.17) is 5.26 Å². The monoisotopic (exact) mass is 354 g/mol. The van der Waals surface area contributed by atoms with E-state index >= 15 is 0 Å². The molecule has 0 aliphatic carbocycles. The van der Waals surface area contributed by atoms with Crippen LogP contribution in [0.3, 0.4) is 0 Å². The van der Waals surface area contributed by atoms with Crippen LogP contribution in [0.15, 0.2) is 46.9 Å². The average Bonchev–Trinajstić information content (AvgIpc) is 2.45. The van der Waals surface area contributed by atoms with Crippen LogP contribution in [-0.2, 0) is 6.18 Å². The summed E-state index contributed by atoms with van der Waals surface area (Å²) in [7, 11) is 1.56. The normalized spacial score (nSPS) is 11.0. The molecule has 0 aliphatic rings. The van der Waals surface area contributed by atoms with Crippen molar-refractivity contribution in [1.29, 1.82) is 5.26 Å². The summed E-state index contributed by atoms with van der Waals surface area (Å²) in [5, 5.41) is 8.75. The first-order valence-electron chi connectivity index (χ1n) is 5.93. The van der Waals surface area contributed by atoms with Crippen LogP contribution in [0.25, 0.3) is 0 Å². The van der Waals surface area contributed by atoms with E-state index in [1.807, 2.05) is 6.07 Å². The molecule has 0 aliphatic heterocycles. The highest BCUT2D eigenvalue weighted by atomic mass is 79.9. The molecule has 21 heavy (non-hydrogen) atoms. The lowest BCUT2D eigenvalue weighted by Gasteiger charge is -2.24. The Bertz CT molecular complexity index is 688. The van der Waals surface area contributed by atoms with Crippen molar-refractivity contribution in [3.8, 4) is 6.07 Å². The van der Waals surface area contributed by atoms with Crippen LogP contribution in [0.2, 0.25) is 0 Å². The highest BCUT2D eigenvalue weighted by Gasteiger charge is 2.34. The molecule has 0 radical (unpaired) electrons. The number of hydrogen-bond donors (Lipinski definition) is 0. The van der Waals surface area contributed by atoms with Crippen molar-refractivity contribution < 1.29 is 13.2 Å². The fourth-order valence-corrected chi connectivity index (χ4v) is 2.29. The molecule has 0 unspecified atom stereocenters. The Morgan fingerprint density at radius 1 is 1.10 bits per heavy atom. The highest BCUT2D eigenvalue weighted by Crippen LogP contribution is 2.39. The summed E-state index contributed by atoms with van der Waals surface area (Å²) in [6.45, 7) is 0. The van der Waals surface area contributed by atoms with Gasteiger partial charge >= 0.3 is 6.18 Å². The van der Waals surface area contributed by atoms with Crippen LogP contribution >= 0.6 is 15.9 Å². The van der Waals surface area contributed by atoms with Gasteiger partial charge in [0, 0.05) is 17.2 Å². The summed E-state index contributed by atoms with van der Waals surface area (Å²) >= 11 is 3.06. The molecule has 2 aromatic carbocycles. The SMILES string of the molecule is CN(c1ccc(C#N)cc1)c1ccc(Br)cc1C(F)(F)F. The van der Waals surface area contributed by atoms with Crippen LogP contribution < -0.4 is 4.90 Å². The largest absolute Gasteiger partial charge is 0.418 e. The minimum atomic E-state index is -4.44. The van der Waals surface area contributed by atoms with Crippen molar-refractivity contribution in [3.05, 3.63) is 58.1 Å². The van der Waals surface area contributed by atoms with E-state index in [2.05, 4.69) is 15.9 Å². The second-order valence-corrected chi connectivity index (χ2v) is 5.29. The molecule has 2 rings (SSSR count). The van der Waals surface area contributed by atoms with E-state index in [1.54, 1.807) is 37.4 Å². The fraction of sp³-hybridized carbons (Fsp3) is 0.133. The molecule has 108 valence electrons. The molecule has 0 aromatic heterocycles. The van der Waals surface area contributed by atoms with E-state index in [0.29, 0.717) is 15.7 Å². The number of hydrogen-bond acceptors (Lipinski definition) is 2. The summed E-state index contributed by atoms with van der Waals surface area (Å²) in [6, 6.07) is 12.3. The molecule has 0 saturated carbocycles. The van der Waals surface area contributed by atoms with Crippen LogP contribution in [0.4, 0.5) is 24.5 Å². The number of nitriles is 1. The molecule has 0 bridgehead atoms. The van der Waals surface area contributed by atoms with E-state index in [-0.39, 0.29) is 5.69 Å². The number of anilines is 2. The molecule has 0 amide bonds. The van der Waals surface area contributed by atoms with Crippen molar-refractivity contribution in [2.75, 3.05) is 11.9 Å². The van der Waals surface area contributed by atoms with Gasteiger partial charge < -0.3 is 4.90 Å². The van der Waals surface area contributed by atoms with Gasteiger partial charge in [0.05, 0.1) is 22.9 Å². The zero-order valence-corrected chi connectivity index (χ0v) is 12.5. The molecule has 0 fully saturated rings. The molecule has 0 atom stereocenters. The van der Waals surface area contributed by atoms with Crippen molar-refractivity contribution in [2.24, 2.45) is 0 Å². The van der Waals surface area contributed by atoms with Crippen molar-refractivity contribution >= 4 is 27.3 Å². The Kier molecular flexibility index (Phi) is 4.24. The molecule has 0 saturated heterocycles. The lowest BCUT2D eigenvalue weighted by atomic mass is 10.1. The first kappa shape index (κ1) is 15.4. The molecule has 0 spiro atoms. The third-order valence-corrected chi connectivity index (χ3v) is 3.50. The first-order valence-corrected chi connectivity index (χ1v) is 6.73. The molecule has 0 N–H and O–H groups in total. The summed E-state index contributed by atoms with van der Waals surface area (Å²) in [4.78, 5) is 1.44. The first-order chi connectivity index (χ1) is 9.82. The third-order valence-electron chi connectivity index (χ3n) is 3.01. The average molecular weight is 355 g/mol. The summed E-state index contributed by atoms with van der Waals surface area (Å²) in [6.07, 6.45) is -4.44. The van der Waals surface area contributed by atoms with Gasteiger partial charge in [-0.1, -0.05) is 15.9 Å². The summed E-state index contributed by atoms with van der Waals surface area (Å²) < 4.78 is 39.8. The predicted molar refractivity (Wildman–Crippen MR) is 78.4 cm³/mol. The zero-order chi connectivity index (χ0) is 15.6. The van der Waals surface area contributed by atoms with E-state index in [9.17, 15) is 13.2 Å². The van der Waals surface area contributed by atoms with Gasteiger partial charge in [0.1, 0.15) is 0 Å². The maximum absolute atomic E-state index is 13.1. The number of benzene rings is 2. The molecule has 6 heteroatoms. The Morgan fingerprint density at radius 3 is 2.24 bits per heavy atom. The van der Waals surface area contributed by atoms with Crippen LogP contribution in [-0.4, -0.2) is 7.05 Å². The number of halogens is 4. The molecule has 0 heterocycles. The van der Waals surface area contributed by atoms with Gasteiger partial charge in [-0.05, 0) is 42.5 Å². The third kappa shape index (κ3) is 3.37. The van der Waals surface area contributed by atoms with Gasteiger partial charge in [0.2, 0.25) is 0 Å². The smallest absolute Gasteiger partial charge is 0.344 e. The van der Waals surface area contributed by atoms with Gasteiger partial charge in [-0.15, -0.1) is 0 Å². The van der Waals surface area contributed by atoms with E-state index < -0.39 is 11.7 Å². The quantitative estimate of drug-likeness (QED) is 0.749. The lowest BCUT2D eigenvalue weighted by Crippen LogP contribution is -2.16. The number of rotatable bonds is 2. The van der Waals surface area contributed by atoms with Gasteiger partial charge in [-0.2, -0.15) is 18.4 Å². The van der Waals surface area contributed by atoms with Crippen LogP contribution in [0.5, 0.6) is 0 Å². The second-order valence-electron chi connectivity index (χ2n) is 4.38. The maximum atomic E-state index is 13.1. The van der Waals surface area contributed by atoms with Gasteiger partial charge in [-0.25, -0.2) is 0 Å². The topological polar surface area (TPSA) is 27.0 Å². The lowest BCUT2D eigenvalue weighted by molar-refractivity contribution is -0.137. The van der Waals surface area contributed by atoms with Gasteiger partial charge in [0.25, 0.3) is 0 Å². The standard InChI is InChI=1S/C15H10BrF3N2/c1-21(12-5-2-10(9-20)3-6-12)14-7-4-11(16)8-13(14)15(17,18)19/h2-8H,1H3. The second kappa shape index (κ2) is 5.78. The zero-order valence-electron chi connectivity index (χ0n) is 10.9. The van der Waals surface area contributed by atoms with Crippen LogP contribution in [0.1, 0.15) is 11.1 Å². The van der Waals surface area contributed by atoms with Gasteiger partial charge in [0.15, 0.2) is 0 Å². The number of alkyl halides is 3. The Labute approximate surface area is 128 Å².